The van der Waals surface area contributed by atoms with Crippen molar-refractivity contribution in [3.8, 4) is 0 Å². The third-order valence-corrected chi connectivity index (χ3v) is 4.89. The second-order valence-electron chi connectivity index (χ2n) is 6.92. The van der Waals surface area contributed by atoms with Gasteiger partial charge in [-0.15, -0.1) is 0 Å². The predicted molar refractivity (Wildman–Crippen MR) is 77.5 cm³/mol. The normalized spacial score (nSPS) is 28.4. The van der Waals surface area contributed by atoms with Gasteiger partial charge in [-0.2, -0.15) is 18.3 Å². The van der Waals surface area contributed by atoms with Crippen LogP contribution in [0.15, 0.2) is 12.3 Å². The van der Waals surface area contributed by atoms with Gasteiger partial charge in [0.15, 0.2) is 5.69 Å². The molecule has 1 aromatic rings. The van der Waals surface area contributed by atoms with Crippen LogP contribution in [-0.2, 0) is 6.18 Å². The number of halogens is 3. The number of rotatable bonds is 3. The summed E-state index contributed by atoms with van der Waals surface area (Å²) in [7, 11) is 0. The van der Waals surface area contributed by atoms with E-state index in [0.29, 0.717) is 5.41 Å². The van der Waals surface area contributed by atoms with Gasteiger partial charge in [-0.1, -0.05) is 6.92 Å². The largest absolute Gasteiger partial charge is 0.435 e. The van der Waals surface area contributed by atoms with E-state index in [1.165, 1.54) is 17.3 Å². The Morgan fingerprint density at radius 2 is 2.09 bits per heavy atom. The van der Waals surface area contributed by atoms with Crippen molar-refractivity contribution in [3.63, 3.8) is 0 Å². The predicted octanol–water partition coefficient (Wildman–Crippen LogP) is 2.54. The van der Waals surface area contributed by atoms with Crippen LogP contribution in [-0.4, -0.2) is 47.4 Å². The Hall–Kier alpha value is -1.08. The van der Waals surface area contributed by atoms with Gasteiger partial charge in [0, 0.05) is 32.4 Å². The number of nitrogens with one attached hydrogen (secondary N) is 1. The molecule has 2 aliphatic heterocycles. The molecule has 124 valence electrons. The van der Waals surface area contributed by atoms with E-state index in [2.05, 4.69) is 22.2 Å². The summed E-state index contributed by atoms with van der Waals surface area (Å²) in [6.07, 6.45) is 0.0351. The molecule has 0 aliphatic carbocycles. The van der Waals surface area contributed by atoms with Gasteiger partial charge in [0.05, 0.1) is 6.04 Å². The van der Waals surface area contributed by atoms with Gasteiger partial charge in [-0.05, 0) is 37.3 Å². The molecule has 3 rings (SSSR count). The number of hydrogen-bond donors (Lipinski definition) is 1. The number of alkyl halides is 3. The van der Waals surface area contributed by atoms with Gasteiger partial charge in [0.2, 0.25) is 0 Å². The number of nitrogens with zero attached hydrogens (tertiary/aromatic N) is 3. The van der Waals surface area contributed by atoms with Crippen LogP contribution in [0.2, 0.25) is 0 Å². The highest BCUT2D eigenvalue weighted by molar-refractivity contribution is 5.04. The lowest BCUT2D eigenvalue weighted by atomic mass is 9.88. The maximum Gasteiger partial charge on any atom is 0.435 e. The van der Waals surface area contributed by atoms with Crippen molar-refractivity contribution >= 4 is 0 Å². The fourth-order valence-corrected chi connectivity index (χ4v) is 3.58. The Bertz CT molecular complexity index is 497. The first-order chi connectivity index (χ1) is 10.4. The van der Waals surface area contributed by atoms with Crippen molar-refractivity contribution in [2.45, 2.75) is 38.4 Å². The van der Waals surface area contributed by atoms with Crippen LogP contribution in [0, 0.1) is 5.41 Å². The molecule has 1 N–H and O–H groups in total. The van der Waals surface area contributed by atoms with E-state index < -0.39 is 11.9 Å². The van der Waals surface area contributed by atoms with Gasteiger partial charge >= 0.3 is 6.18 Å². The fraction of sp³-hybridized carbons (Fsp3) is 0.800. The second-order valence-corrected chi connectivity index (χ2v) is 6.92. The van der Waals surface area contributed by atoms with E-state index in [-0.39, 0.29) is 6.04 Å². The third-order valence-electron chi connectivity index (χ3n) is 4.89. The zero-order valence-corrected chi connectivity index (χ0v) is 12.9. The Labute approximate surface area is 128 Å². The third kappa shape index (κ3) is 3.46. The molecule has 0 aromatic carbocycles. The smallest absolute Gasteiger partial charge is 0.316 e. The van der Waals surface area contributed by atoms with Crippen LogP contribution < -0.4 is 5.32 Å². The quantitative estimate of drug-likeness (QED) is 0.930. The standard InChI is InChI=1S/C15H23F3N4/c1-14(5-6-19-10-14)11-21-7-2-12(3-8-21)22-9-4-13(20-22)15(16,17)18/h4,9,12,19H,2-3,5-8,10-11H2,1H3. The number of piperidine rings is 1. The Kier molecular flexibility index (Phi) is 4.20. The lowest BCUT2D eigenvalue weighted by Crippen LogP contribution is -2.42. The minimum absolute atomic E-state index is 0.0851. The molecular formula is C15H23F3N4. The highest BCUT2D eigenvalue weighted by Crippen LogP contribution is 2.31. The van der Waals surface area contributed by atoms with E-state index in [0.717, 1.165) is 51.6 Å². The van der Waals surface area contributed by atoms with Crippen molar-refractivity contribution in [3.05, 3.63) is 18.0 Å². The van der Waals surface area contributed by atoms with Crippen LogP contribution in [0.5, 0.6) is 0 Å². The van der Waals surface area contributed by atoms with E-state index in [4.69, 9.17) is 0 Å². The second kappa shape index (κ2) is 5.85. The van der Waals surface area contributed by atoms with Crippen LogP contribution in [0.4, 0.5) is 13.2 Å². The first kappa shape index (κ1) is 15.8. The molecule has 0 bridgehead atoms. The maximum atomic E-state index is 12.6. The topological polar surface area (TPSA) is 33.1 Å². The molecule has 22 heavy (non-hydrogen) atoms. The first-order valence-electron chi connectivity index (χ1n) is 7.91. The van der Waals surface area contributed by atoms with Gasteiger partial charge < -0.3 is 10.2 Å². The van der Waals surface area contributed by atoms with Crippen molar-refractivity contribution < 1.29 is 13.2 Å². The van der Waals surface area contributed by atoms with Crippen LogP contribution in [0.3, 0.4) is 0 Å². The molecule has 0 saturated carbocycles. The molecule has 2 saturated heterocycles. The van der Waals surface area contributed by atoms with Gasteiger partial charge in [-0.25, -0.2) is 0 Å². The van der Waals surface area contributed by atoms with Crippen LogP contribution in [0.1, 0.15) is 37.9 Å². The highest BCUT2D eigenvalue weighted by Gasteiger charge is 2.35. The summed E-state index contributed by atoms with van der Waals surface area (Å²) < 4.78 is 39.3. The molecule has 0 radical (unpaired) electrons. The molecule has 4 nitrogen and oxygen atoms in total. The lowest BCUT2D eigenvalue weighted by Gasteiger charge is -2.37. The minimum Gasteiger partial charge on any atom is -0.316 e. The Morgan fingerprint density at radius 3 is 2.64 bits per heavy atom. The molecule has 2 fully saturated rings. The van der Waals surface area contributed by atoms with Crippen molar-refractivity contribution in [2.24, 2.45) is 5.41 Å². The number of likely N-dealkylation sites (tertiary alicyclic amines) is 1. The zero-order chi connectivity index (χ0) is 15.8. The van der Waals surface area contributed by atoms with Gasteiger partial charge in [0.1, 0.15) is 0 Å². The molecule has 1 unspecified atom stereocenters. The van der Waals surface area contributed by atoms with Crippen molar-refractivity contribution in [2.75, 3.05) is 32.7 Å². The first-order valence-corrected chi connectivity index (χ1v) is 7.91. The molecule has 1 atom stereocenters. The average molecular weight is 316 g/mol. The van der Waals surface area contributed by atoms with Crippen LogP contribution >= 0.6 is 0 Å². The minimum atomic E-state index is -4.35. The molecule has 0 amide bonds. The molecule has 1 aromatic heterocycles. The maximum absolute atomic E-state index is 12.6. The molecule has 0 spiro atoms. The summed E-state index contributed by atoms with van der Waals surface area (Å²) in [5.41, 5.74) is -0.457. The monoisotopic (exact) mass is 316 g/mol. The summed E-state index contributed by atoms with van der Waals surface area (Å²) in [4.78, 5) is 2.44. The molecule has 2 aliphatic rings. The number of aromatic nitrogens is 2. The van der Waals surface area contributed by atoms with E-state index >= 15 is 0 Å². The molecular weight excluding hydrogens is 293 g/mol. The Morgan fingerprint density at radius 1 is 1.36 bits per heavy atom. The average Bonchev–Trinajstić information content (AvgIpc) is 3.08. The summed E-state index contributed by atoms with van der Waals surface area (Å²) in [5, 5.41) is 7.12. The van der Waals surface area contributed by atoms with Gasteiger partial charge in [0.25, 0.3) is 0 Å². The summed E-state index contributed by atoms with van der Waals surface area (Å²) in [6.45, 7) is 7.38. The SMILES string of the molecule is CC1(CN2CCC(n3ccc(C(F)(F)F)n3)CC2)CCNC1. The van der Waals surface area contributed by atoms with Crippen LogP contribution in [0.25, 0.3) is 0 Å². The summed E-state index contributed by atoms with van der Waals surface area (Å²) >= 11 is 0. The van der Waals surface area contributed by atoms with Crippen molar-refractivity contribution in [1.82, 2.24) is 20.0 Å². The van der Waals surface area contributed by atoms with E-state index in [9.17, 15) is 13.2 Å². The van der Waals surface area contributed by atoms with Gasteiger partial charge in [-0.3, -0.25) is 4.68 Å². The molecule has 3 heterocycles. The highest BCUT2D eigenvalue weighted by atomic mass is 19.4. The summed E-state index contributed by atoms with van der Waals surface area (Å²) in [6, 6.07) is 1.15. The lowest BCUT2D eigenvalue weighted by molar-refractivity contribution is -0.141. The van der Waals surface area contributed by atoms with E-state index in [1.54, 1.807) is 0 Å². The van der Waals surface area contributed by atoms with E-state index in [1.807, 2.05) is 0 Å². The zero-order valence-electron chi connectivity index (χ0n) is 12.9. The number of hydrogen-bond acceptors (Lipinski definition) is 3. The fourth-order valence-electron chi connectivity index (χ4n) is 3.58. The Balaban J connectivity index is 1.54. The molecule has 7 heteroatoms. The summed E-state index contributed by atoms with van der Waals surface area (Å²) in [5.74, 6) is 0. The van der Waals surface area contributed by atoms with Crippen molar-refractivity contribution in [1.29, 1.82) is 0 Å².